The van der Waals surface area contributed by atoms with Gasteiger partial charge >= 0.3 is 0 Å². The van der Waals surface area contributed by atoms with E-state index in [0.717, 1.165) is 21.5 Å². The molecule has 0 aliphatic heterocycles. The number of benzene rings is 2. The minimum Gasteiger partial charge on any atom is -0.492 e. The van der Waals surface area contributed by atoms with Gasteiger partial charge in [0.1, 0.15) is 18.1 Å². The summed E-state index contributed by atoms with van der Waals surface area (Å²) < 4.78 is 12.1. The van der Waals surface area contributed by atoms with Gasteiger partial charge in [-0.3, -0.25) is 10.1 Å². The van der Waals surface area contributed by atoms with Gasteiger partial charge in [-0.2, -0.15) is 0 Å². The summed E-state index contributed by atoms with van der Waals surface area (Å²) in [4.78, 5) is 12.7. The van der Waals surface area contributed by atoms with Crippen LogP contribution in [0.15, 0.2) is 59.1 Å². The Morgan fingerprint density at radius 2 is 1.86 bits per heavy atom. The third-order valence-corrected chi connectivity index (χ3v) is 4.28. The fraction of sp³-hybridized carbons (Fsp3) is 0.273. The van der Waals surface area contributed by atoms with Gasteiger partial charge < -0.3 is 14.8 Å². The first-order valence-corrected chi connectivity index (χ1v) is 10.4. The van der Waals surface area contributed by atoms with E-state index >= 15 is 0 Å². The van der Waals surface area contributed by atoms with Crippen molar-refractivity contribution in [3.63, 3.8) is 0 Å². The monoisotopic (exact) mass is 476 g/mol. The first-order chi connectivity index (χ1) is 13.7. The predicted molar refractivity (Wildman–Crippen MR) is 125 cm³/mol. The molecular weight excluding hydrogens is 452 g/mol. The second-order valence-electron chi connectivity index (χ2n) is 7.02. The molecule has 2 aromatic carbocycles. The van der Waals surface area contributed by atoms with Crippen molar-refractivity contribution in [2.45, 2.75) is 20.8 Å². The van der Waals surface area contributed by atoms with Crippen LogP contribution in [0.4, 0.5) is 5.69 Å². The number of amides is 1. The average molecular weight is 477 g/mol. The largest absolute Gasteiger partial charge is 0.492 e. The van der Waals surface area contributed by atoms with Crippen molar-refractivity contribution in [3.8, 4) is 11.5 Å². The molecule has 0 spiro atoms. The molecule has 2 N–H and O–H groups in total. The molecule has 0 saturated heterocycles. The van der Waals surface area contributed by atoms with Crippen molar-refractivity contribution in [2.24, 2.45) is 5.92 Å². The van der Waals surface area contributed by atoms with Gasteiger partial charge in [-0.05, 0) is 73.1 Å². The van der Waals surface area contributed by atoms with E-state index in [9.17, 15) is 4.79 Å². The van der Waals surface area contributed by atoms with Gasteiger partial charge in [0.05, 0.1) is 12.2 Å². The molecule has 7 heteroatoms. The Morgan fingerprint density at radius 1 is 1.17 bits per heavy atom. The lowest BCUT2D eigenvalue weighted by atomic mass is 10.2. The molecule has 2 rings (SSSR count). The van der Waals surface area contributed by atoms with E-state index in [1.54, 1.807) is 12.1 Å². The third kappa shape index (κ3) is 7.87. The van der Waals surface area contributed by atoms with Crippen molar-refractivity contribution in [2.75, 3.05) is 18.5 Å². The van der Waals surface area contributed by atoms with Crippen molar-refractivity contribution in [1.29, 1.82) is 0 Å². The van der Waals surface area contributed by atoms with E-state index in [4.69, 9.17) is 21.7 Å². The van der Waals surface area contributed by atoms with Crippen LogP contribution in [-0.4, -0.2) is 24.2 Å². The highest BCUT2D eigenvalue weighted by Gasteiger charge is 2.15. The minimum absolute atomic E-state index is 0.195. The highest BCUT2D eigenvalue weighted by Crippen LogP contribution is 2.24. The number of carbonyl (C=O) groups is 1. The topological polar surface area (TPSA) is 59.6 Å². The number of hydrogen-bond acceptors (Lipinski definition) is 4. The van der Waals surface area contributed by atoms with Crippen LogP contribution in [0.2, 0.25) is 0 Å². The minimum atomic E-state index is -0.344. The van der Waals surface area contributed by atoms with E-state index in [1.165, 1.54) is 0 Å². The highest BCUT2D eigenvalue weighted by atomic mass is 79.9. The fourth-order valence-electron chi connectivity index (χ4n) is 2.24. The molecule has 2 aromatic rings. The number of ether oxygens (including phenoxy) is 2. The van der Waals surface area contributed by atoms with E-state index in [-0.39, 0.29) is 11.0 Å². The molecule has 1 amide bonds. The van der Waals surface area contributed by atoms with Crippen LogP contribution >= 0.6 is 28.1 Å². The van der Waals surface area contributed by atoms with E-state index in [2.05, 4.69) is 33.1 Å². The van der Waals surface area contributed by atoms with Gasteiger partial charge in [0.2, 0.25) is 0 Å². The van der Waals surface area contributed by atoms with Crippen LogP contribution in [0, 0.1) is 5.92 Å². The molecule has 29 heavy (non-hydrogen) atoms. The number of rotatable bonds is 8. The number of carbonyl (C=O) groups excluding carboxylic acids is 1. The third-order valence-electron chi connectivity index (χ3n) is 3.58. The lowest BCUT2D eigenvalue weighted by Crippen LogP contribution is -2.34. The lowest BCUT2D eigenvalue weighted by Gasteiger charge is -2.15. The van der Waals surface area contributed by atoms with Crippen molar-refractivity contribution in [1.82, 2.24) is 5.32 Å². The van der Waals surface area contributed by atoms with Crippen LogP contribution in [0.1, 0.15) is 31.1 Å². The average Bonchev–Trinajstić information content (AvgIpc) is 2.66. The Hall–Kier alpha value is -2.38. The maximum atomic E-state index is 12.7. The maximum absolute atomic E-state index is 12.7. The lowest BCUT2D eigenvalue weighted by molar-refractivity contribution is 0.0973. The Kier molecular flexibility index (Phi) is 8.67. The molecule has 0 fully saturated rings. The van der Waals surface area contributed by atoms with E-state index in [1.807, 2.05) is 51.1 Å². The molecule has 0 aliphatic rings. The summed E-state index contributed by atoms with van der Waals surface area (Å²) in [6.07, 6.45) is 0. The van der Waals surface area contributed by atoms with E-state index < -0.39 is 0 Å². The van der Waals surface area contributed by atoms with Crippen LogP contribution in [-0.2, 0) is 0 Å². The quantitative estimate of drug-likeness (QED) is 0.385. The summed E-state index contributed by atoms with van der Waals surface area (Å²) in [5.41, 5.74) is 2.09. The Balaban J connectivity index is 1.99. The summed E-state index contributed by atoms with van der Waals surface area (Å²) in [7, 11) is 0. The SMILES string of the molecule is C=C(C)COc1ccc(NC(=S)NC(=O)c2cc(Br)ccc2OCC(C)C)cc1. The summed E-state index contributed by atoms with van der Waals surface area (Å²) in [6.45, 7) is 10.8. The normalized spacial score (nSPS) is 10.4. The van der Waals surface area contributed by atoms with Gasteiger partial charge in [-0.1, -0.05) is 36.4 Å². The first kappa shape index (κ1) is 22.9. The summed E-state index contributed by atoms with van der Waals surface area (Å²) in [5.74, 6) is 1.25. The van der Waals surface area contributed by atoms with Crippen LogP contribution < -0.4 is 20.1 Å². The summed E-state index contributed by atoms with van der Waals surface area (Å²) in [6, 6.07) is 12.6. The standard InChI is InChI=1S/C22H25BrN2O3S/c1-14(2)12-27-18-8-6-17(7-9-18)24-22(29)25-21(26)19-11-16(23)5-10-20(19)28-13-15(3)4/h5-11,15H,1,12-13H2,2-4H3,(H2,24,25,26,29). The maximum Gasteiger partial charge on any atom is 0.261 e. The van der Waals surface area contributed by atoms with Crippen molar-refractivity contribution < 1.29 is 14.3 Å². The molecule has 0 saturated carbocycles. The molecule has 0 unspecified atom stereocenters. The van der Waals surface area contributed by atoms with E-state index in [0.29, 0.717) is 30.4 Å². The zero-order chi connectivity index (χ0) is 21.4. The van der Waals surface area contributed by atoms with Gasteiger partial charge in [0.15, 0.2) is 5.11 Å². The molecule has 154 valence electrons. The number of halogens is 1. The van der Waals surface area contributed by atoms with Gasteiger partial charge in [0.25, 0.3) is 5.91 Å². The predicted octanol–water partition coefficient (Wildman–Crippen LogP) is 5.57. The zero-order valence-electron chi connectivity index (χ0n) is 16.8. The smallest absolute Gasteiger partial charge is 0.261 e. The number of hydrogen-bond donors (Lipinski definition) is 2. The molecule has 0 atom stereocenters. The molecule has 5 nitrogen and oxygen atoms in total. The van der Waals surface area contributed by atoms with Gasteiger partial charge in [-0.25, -0.2) is 0 Å². The number of thiocarbonyl (C=S) groups is 1. The molecule has 0 radical (unpaired) electrons. The summed E-state index contributed by atoms with van der Waals surface area (Å²) in [5, 5.41) is 5.88. The molecule has 0 heterocycles. The Bertz CT molecular complexity index is 882. The molecule has 0 aromatic heterocycles. The number of nitrogens with one attached hydrogen (secondary N) is 2. The number of anilines is 1. The zero-order valence-corrected chi connectivity index (χ0v) is 19.2. The Morgan fingerprint density at radius 3 is 2.48 bits per heavy atom. The fourth-order valence-corrected chi connectivity index (χ4v) is 2.81. The van der Waals surface area contributed by atoms with Gasteiger partial charge in [0, 0.05) is 10.2 Å². The molecular formula is C22H25BrN2O3S. The molecule has 0 aliphatic carbocycles. The second kappa shape index (κ2) is 11.0. The second-order valence-corrected chi connectivity index (χ2v) is 8.35. The Labute approximate surface area is 185 Å². The van der Waals surface area contributed by atoms with Crippen LogP contribution in [0.5, 0.6) is 11.5 Å². The first-order valence-electron chi connectivity index (χ1n) is 9.16. The highest BCUT2D eigenvalue weighted by molar-refractivity contribution is 9.10. The van der Waals surface area contributed by atoms with Crippen LogP contribution in [0.3, 0.4) is 0 Å². The molecule has 0 bridgehead atoms. The van der Waals surface area contributed by atoms with Crippen molar-refractivity contribution >= 4 is 44.9 Å². The van der Waals surface area contributed by atoms with Crippen LogP contribution in [0.25, 0.3) is 0 Å². The van der Waals surface area contributed by atoms with Gasteiger partial charge in [-0.15, -0.1) is 0 Å². The van der Waals surface area contributed by atoms with Crippen molar-refractivity contribution in [3.05, 3.63) is 64.7 Å². The summed E-state index contributed by atoms with van der Waals surface area (Å²) >= 11 is 8.67.